The molecule has 6 nitrogen and oxygen atoms in total. The first-order valence-electron chi connectivity index (χ1n) is 8.33. The molecular weight excluding hydrogens is 328 g/mol. The predicted molar refractivity (Wildman–Crippen MR) is 98.7 cm³/mol. The molecule has 1 heterocycles. The van der Waals surface area contributed by atoms with Crippen LogP contribution in [0, 0.1) is 0 Å². The highest BCUT2D eigenvalue weighted by Crippen LogP contribution is 2.16. The lowest BCUT2D eigenvalue weighted by atomic mass is 10.1. The van der Waals surface area contributed by atoms with Crippen molar-refractivity contribution >= 4 is 11.8 Å². The second kappa shape index (κ2) is 8.11. The zero-order chi connectivity index (χ0) is 18.4. The van der Waals surface area contributed by atoms with E-state index in [1.165, 1.54) is 0 Å². The molecule has 0 unspecified atom stereocenters. The number of nitrogens with zero attached hydrogens (tertiary/aromatic N) is 2. The lowest BCUT2D eigenvalue weighted by Gasteiger charge is -2.19. The van der Waals surface area contributed by atoms with Crippen LogP contribution in [0.5, 0.6) is 0 Å². The minimum atomic E-state index is -0.243. The molecule has 3 rings (SSSR count). The van der Waals surface area contributed by atoms with Crippen LogP contribution in [-0.4, -0.2) is 28.6 Å². The van der Waals surface area contributed by atoms with E-state index in [1.807, 2.05) is 42.6 Å². The van der Waals surface area contributed by atoms with E-state index in [0.29, 0.717) is 17.7 Å². The highest BCUT2D eigenvalue weighted by Gasteiger charge is 2.17. The molecule has 0 fully saturated rings. The van der Waals surface area contributed by atoms with Crippen molar-refractivity contribution in [2.75, 3.05) is 7.05 Å². The molecule has 2 N–H and O–H groups in total. The normalized spacial score (nSPS) is 11.6. The number of carbonyl (C=O) groups excluding carboxylic acids is 2. The summed E-state index contributed by atoms with van der Waals surface area (Å²) < 4.78 is 1.78. The van der Waals surface area contributed by atoms with Gasteiger partial charge in [-0.2, -0.15) is 5.10 Å². The van der Waals surface area contributed by atoms with Crippen molar-refractivity contribution in [3.05, 3.63) is 89.7 Å². The maximum Gasteiger partial charge on any atom is 0.251 e. The molecule has 0 aliphatic carbocycles. The van der Waals surface area contributed by atoms with Gasteiger partial charge in [0.2, 0.25) is 0 Å². The van der Waals surface area contributed by atoms with Gasteiger partial charge in [-0.25, -0.2) is 0 Å². The lowest BCUT2D eigenvalue weighted by molar-refractivity contribution is 0.0932. The molecule has 0 aliphatic heterocycles. The van der Waals surface area contributed by atoms with Crippen molar-refractivity contribution in [1.29, 1.82) is 0 Å². The Morgan fingerprint density at radius 3 is 2.38 bits per heavy atom. The van der Waals surface area contributed by atoms with Gasteiger partial charge in [0.1, 0.15) is 0 Å². The summed E-state index contributed by atoms with van der Waals surface area (Å²) in [5.41, 5.74) is 1.87. The second-order valence-electron chi connectivity index (χ2n) is 5.82. The average Bonchev–Trinajstić information content (AvgIpc) is 3.20. The van der Waals surface area contributed by atoms with Crippen molar-refractivity contribution in [2.24, 2.45) is 0 Å². The number of carbonyl (C=O) groups is 2. The smallest absolute Gasteiger partial charge is 0.251 e. The Labute approximate surface area is 151 Å². The summed E-state index contributed by atoms with van der Waals surface area (Å²) in [7, 11) is 1.56. The summed E-state index contributed by atoms with van der Waals surface area (Å²) in [5.74, 6) is -0.465. The summed E-state index contributed by atoms with van der Waals surface area (Å²) in [6, 6.07) is 18.0. The third kappa shape index (κ3) is 4.16. The van der Waals surface area contributed by atoms with Crippen molar-refractivity contribution in [1.82, 2.24) is 20.4 Å². The Balaban J connectivity index is 1.82. The van der Waals surface area contributed by atoms with Gasteiger partial charge in [0.05, 0.1) is 12.6 Å². The van der Waals surface area contributed by atoms with Gasteiger partial charge in [-0.15, -0.1) is 0 Å². The molecule has 2 aromatic carbocycles. The van der Waals surface area contributed by atoms with E-state index in [4.69, 9.17) is 0 Å². The first-order chi connectivity index (χ1) is 12.7. The zero-order valence-electron chi connectivity index (χ0n) is 14.4. The third-order valence-electron chi connectivity index (χ3n) is 4.05. The molecule has 0 aliphatic rings. The van der Waals surface area contributed by atoms with E-state index < -0.39 is 0 Å². The molecule has 132 valence electrons. The largest absolute Gasteiger partial charge is 0.355 e. The van der Waals surface area contributed by atoms with Crippen molar-refractivity contribution < 1.29 is 9.59 Å². The van der Waals surface area contributed by atoms with E-state index in [1.54, 1.807) is 42.2 Å². The number of amides is 2. The molecule has 0 saturated carbocycles. The van der Waals surface area contributed by atoms with E-state index in [-0.39, 0.29) is 17.9 Å². The van der Waals surface area contributed by atoms with Crippen LogP contribution in [0.25, 0.3) is 0 Å². The summed E-state index contributed by atoms with van der Waals surface area (Å²) >= 11 is 0. The first kappa shape index (κ1) is 17.4. The van der Waals surface area contributed by atoms with E-state index in [2.05, 4.69) is 15.7 Å². The van der Waals surface area contributed by atoms with Crippen LogP contribution < -0.4 is 10.6 Å². The van der Waals surface area contributed by atoms with Crippen molar-refractivity contribution in [3.63, 3.8) is 0 Å². The molecule has 0 bridgehead atoms. The van der Waals surface area contributed by atoms with Gasteiger partial charge in [0, 0.05) is 30.6 Å². The fourth-order valence-electron chi connectivity index (χ4n) is 2.70. The van der Waals surface area contributed by atoms with Crippen LogP contribution in [0.4, 0.5) is 0 Å². The topological polar surface area (TPSA) is 76.0 Å². The van der Waals surface area contributed by atoms with Crippen LogP contribution in [0.1, 0.15) is 32.3 Å². The number of benzene rings is 2. The van der Waals surface area contributed by atoms with E-state index >= 15 is 0 Å². The minimum Gasteiger partial charge on any atom is -0.355 e. The Kier molecular flexibility index (Phi) is 5.43. The molecule has 3 aromatic rings. The van der Waals surface area contributed by atoms with Gasteiger partial charge >= 0.3 is 0 Å². The standard InChI is InChI=1S/C20H20N4O2/c1-21-19(25)16-9-5-10-17(13-16)20(26)23-18(14-24-12-6-11-22-24)15-7-3-2-4-8-15/h2-13,18H,14H2,1H3,(H,21,25)(H,23,26)/t18-/m1/s1. The summed E-state index contributed by atoms with van der Waals surface area (Å²) in [6.07, 6.45) is 3.56. The molecular formula is C20H20N4O2. The minimum absolute atomic E-state index is 0.226. The molecule has 2 amide bonds. The van der Waals surface area contributed by atoms with Gasteiger partial charge in [-0.1, -0.05) is 36.4 Å². The zero-order valence-corrected chi connectivity index (χ0v) is 14.4. The van der Waals surface area contributed by atoms with Crippen LogP contribution in [0.2, 0.25) is 0 Å². The van der Waals surface area contributed by atoms with E-state index in [9.17, 15) is 9.59 Å². The summed E-state index contributed by atoms with van der Waals surface area (Å²) in [5, 5.41) is 9.82. The van der Waals surface area contributed by atoms with Gasteiger partial charge in [-0.3, -0.25) is 14.3 Å². The van der Waals surface area contributed by atoms with Gasteiger partial charge in [-0.05, 0) is 29.8 Å². The quantitative estimate of drug-likeness (QED) is 0.718. The maximum absolute atomic E-state index is 12.7. The Morgan fingerprint density at radius 2 is 1.73 bits per heavy atom. The molecule has 1 atom stereocenters. The summed E-state index contributed by atoms with van der Waals surface area (Å²) in [6.45, 7) is 0.512. The first-order valence-corrected chi connectivity index (χ1v) is 8.33. The molecule has 0 radical (unpaired) electrons. The maximum atomic E-state index is 12.7. The lowest BCUT2D eigenvalue weighted by Crippen LogP contribution is -2.32. The fraction of sp³-hybridized carbons (Fsp3) is 0.150. The van der Waals surface area contributed by atoms with E-state index in [0.717, 1.165) is 5.56 Å². The van der Waals surface area contributed by atoms with Crippen LogP contribution in [0.3, 0.4) is 0 Å². The Hall–Kier alpha value is -3.41. The van der Waals surface area contributed by atoms with Crippen LogP contribution in [-0.2, 0) is 6.54 Å². The van der Waals surface area contributed by atoms with Gasteiger partial charge in [0.15, 0.2) is 0 Å². The fourth-order valence-corrected chi connectivity index (χ4v) is 2.70. The molecule has 6 heteroatoms. The molecule has 26 heavy (non-hydrogen) atoms. The monoisotopic (exact) mass is 348 g/mol. The Bertz CT molecular complexity index is 876. The second-order valence-corrected chi connectivity index (χ2v) is 5.82. The number of nitrogens with one attached hydrogen (secondary N) is 2. The Morgan fingerprint density at radius 1 is 1.00 bits per heavy atom. The number of hydrogen-bond acceptors (Lipinski definition) is 3. The van der Waals surface area contributed by atoms with Gasteiger partial charge < -0.3 is 10.6 Å². The average molecular weight is 348 g/mol. The number of aromatic nitrogens is 2. The van der Waals surface area contributed by atoms with Crippen molar-refractivity contribution in [3.8, 4) is 0 Å². The summed E-state index contributed by atoms with van der Waals surface area (Å²) in [4.78, 5) is 24.5. The van der Waals surface area contributed by atoms with Crippen molar-refractivity contribution in [2.45, 2.75) is 12.6 Å². The molecule has 0 saturated heterocycles. The molecule has 0 spiro atoms. The number of rotatable bonds is 6. The molecule has 1 aromatic heterocycles. The van der Waals surface area contributed by atoms with Crippen LogP contribution in [0.15, 0.2) is 73.1 Å². The number of hydrogen-bond donors (Lipinski definition) is 2. The highest BCUT2D eigenvalue weighted by atomic mass is 16.2. The predicted octanol–water partition coefficient (Wildman–Crippen LogP) is 2.41. The van der Waals surface area contributed by atoms with Gasteiger partial charge in [0.25, 0.3) is 11.8 Å². The SMILES string of the molecule is CNC(=O)c1cccc(C(=O)N[C@H](Cn2cccn2)c2ccccc2)c1. The third-order valence-corrected chi connectivity index (χ3v) is 4.05. The van der Waals surface area contributed by atoms with Crippen LogP contribution >= 0.6 is 0 Å². The highest BCUT2D eigenvalue weighted by molar-refractivity contribution is 5.99.